The third kappa shape index (κ3) is 2.90. The molecule has 0 radical (unpaired) electrons. The number of aromatic nitrogens is 2. The number of benzene rings is 1. The van der Waals surface area contributed by atoms with E-state index in [0.717, 1.165) is 0 Å². The average molecular weight is 424 g/mol. The van der Waals surface area contributed by atoms with Crippen molar-refractivity contribution in [3.8, 4) is 0 Å². The quantitative estimate of drug-likeness (QED) is 0.703. The lowest BCUT2D eigenvalue weighted by Crippen LogP contribution is -2.17. The third-order valence-corrected chi connectivity index (χ3v) is 5.50. The number of rotatable bonds is 4. The van der Waals surface area contributed by atoms with Gasteiger partial charge in [-0.1, -0.05) is 6.07 Å². The van der Waals surface area contributed by atoms with Crippen molar-refractivity contribution in [3.63, 3.8) is 0 Å². The maximum atomic E-state index is 12.5. The van der Waals surface area contributed by atoms with E-state index in [1.807, 2.05) is 0 Å². The molecule has 6 nitrogen and oxygen atoms in total. The molecule has 0 saturated heterocycles. The number of aromatic amines is 1. The molecule has 1 aromatic carbocycles. The van der Waals surface area contributed by atoms with Gasteiger partial charge in [0.05, 0.1) is 17.1 Å². The second kappa shape index (κ2) is 5.84. The second-order valence-corrected chi connectivity index (χ2v) is 7.36. The summed E-state index contributed by atoms with van der Waals surface area (Å²) < 4.78 is 28.8. The highest BCUT2D eigenvalue weighted by Gasteiger charge is 2.25. The van der Waals surface area contributed by atoms with Gasteiger partial charge in [0.1, 0.15) is 4.90 Å². The molecule has 20 heavy (non-hydrogen) atoms. The van der Waals surface area contributed by atoms with Crippen LogP contribution in [-0.2, 0) is 16.6 Å². The van der Waals surface area contributed by atoms with E-state index < -0.39 is 10.0 Å². The van der Waals surface area contributed by atoms with E-state index in [0.29, 0.717) is 26.0 Å². The predicted molar refractivity (Wildman–Crippen MR) is 83.9 cm³/mol. The number of nitrogens with two attached hydrogens (primary N) is 1. The zero-order valence-corrected chi connectivity index (χ0v) is 14.4. The smallest absolute Gasteiger partial charge is 0.265 e. The van der Waals surface area contributed by atoms with Crippen LogP contribution in [0.25, 0.3) is 0 Å². The standard InChI is InChI=1S/C11H12Br2N4O2S/c1-6-11(9(5-14)16-15-6)20(18,19)17-10-7(12)3-2-4-8(10)13/h2-4,17H,5,14H2,1H3,(H,15,16). The highest BCUT2D eigenvalue weighted by atomic mass is 79.9. The van der Waals surface area contributed by atoms with E-state index >= 15 is 0 Å². The Bertz CT molecular complexity index is 723. The Morgan fingerprint density at radius 1 is 1.35 bits per heavy atom. The summed E-state index contributed by atoms with van der Waals surface area (Å²) in [7, 11) is -3.77. The fraction of sp³-hybridized carbons (Fsp3) is 0.182. The van der Waals surface area contributed by atoms with Crippen molar-refractivity contribution in [2.45, 2.75) is 18.4 Å². The number of aryl methyl sites for hydroxylation is 1. The number of hydrogen-bond acceptors (Lipinski definition) is 4. The van der Waals surface area contributed by atoms with Crippen molar-refractivity contribution < 1.29 is 8.42 Å². The van der Waals surface area contributed by atoms with Gasteiger partial charge in [-0.05, 0) is 50.9 Å². The normalized spacial score (nSPS) is 11.6. The monoisotopic (exact) mass is 422 g/mol. The first kappa shape index (κ1) is 15.5. The van der Waals surface area contributed by atoms with Crippen molar-refractivity contribution in [1.82, 2.24) is 10.2 Å². The van der Waals surface area contributed by atoms with Crippen LogP contribution in [-0.4, -0.2) is 18.6 Å². The van der Waals surface area contributed by atoms with Gasteiger partial charge in [0, 0.05) is 15.5 Å². The summed E-state index contributed by atoms with van der Waals surface area (Å²) in [5.74, 6) is 0. The van der Waals surface area contributed by atoms with Crippen LogP contribution in [0.15, 0.2) is 32.0 Å². The molecule has 1 heterocycles. The Kier molecular flexibility index (Phi) is 4.52. The molecule has 0 fully saturated rings. The van der Waals surface area contributed by atoms with Crippen molar-refractivity contribution in [3.05, 3.63) is 38.5 Å². The highest BCUT2D eigenvalue weighted by molar-refractivity contribution is 9.11. The number of anilines is 1. The summed E-state index contributed by atoms with van der Waals surface area (Å²) in [5.41, 5.74) is 6.70. The molecule has 2 rings (SSSR count). The Labute approximate surface area is 133 Å². The number of H-pyrrole nitrogens is 1. The largest absolute Gasteiger partial charge is 0.325 e. The van der Waals surface area contributed by atoms with Crippen LogP contribution in [0.2, 0.25) is 0 Å². The first-order valence-electron chi connectivity index (χ1n) is 5.57. The summed E-state index contributed by atoms with van der Waals surface area (Å²) >= 11 is 6.62. The van der Waals surface area contributed by atoms with Gasteiger partial charge < -0.3 is 5.73 Å². The SMILES string of the molecule is Cc1[nH]nc(CN)c1S(=O)(=O)Nc1c(Br)cccc1Br. The highest BCUT2D eigenvalue weighted by Crippen LogP contribution is 2.33. The van der Waals surface area contributed by atoms with Crippen LogP contribution in [0, 0.1) is 6.92 Å². The first-order valence-corrected chi connectivity index (χ1v) is 8.64. The van der Waals surface area contributed by atoms with Crippen molar-refractivity contribution in [2.75, 3.05) is 4.72 Å². The Hall–Kier alpha value is -0.900. The molecule has 2 aromatic rings. The predicted octanol–water partition coefficient (Wildman–Crippen LogP) is 2.50. The molecule has 108 valence electrons. The average Bonchev–Trinajstić information content (AvgIpc) is 2.76. The first-order chi connectivity index (χ1) is 9.36. The lowest BCUT2D eigenvalue weighted by atomic mass is 10.3. The Morgan fingerprint density at radius 3 is 2.50 bits per heavy atom. The minimum Gasteiger partial charge on any atom is -0.325 e. The van der Waals surface area contributed by atoms with E-state index in [2.05, 4.69) is 46.8 Å². The van der Waals surface area contributed by atoms with Gasteiger partial charge in [0.15, 0.2) is 0 Å². The molecular formula is C11H12Br2N4O2S. The lowest BCUT2D eigenvalue weighted by Gasteiger charge is -2.12. The molecule has 9 heteroatoms. The molecule has 0 atom stereocenters. The Balaban J connectivity index is 2.49. The van der Waals surface area contributed by atoms with Crippen molar-refractivity contribution in [1.29, 1.82) is 0 Å². The summed E-state index contributed by atoms with van der Waals surface area (Å²) in [4.78, 5) is 0.0858. The molecule has 0 aliphatic heterocycles. The van der Waals surface area contributed by atoms with Gasteiger partial charge in [-0.2, -0.15) is 5.10 Å². The van der Waals surface area contributed by atoms with Crippen molar-refractivity contribution >= 4 is 47.6 Å². The number of hydrogen-bond donors (Lipinski definition) is 3. The number of nitrogens with zero attached hydrogens (tertiary/aromatic N) is 1. The fourth-order valence-corrected chi connectivity index (χ4v) is 4.68. The molecule has 0 saturated carbocycles. The molecule has 0 spiro atoms. The van der Waals surface area contributed by atoms with Gasteiger partial charge in [-0.15, -0.1) is 0 Å². The minimum absolute atomic E-state index is 0.0394. The number of sulfonamides is 1. The van der Waals surface area contributed by atoms with Crippen LogP contribution in [0.4, 0.5) is 5.69 Å². The van der Waals surface area contributed by atoms with E-state index in [1.54, 1.807) is 25.1 Å². The van der Waals surface area contributed by atoms with Gasteiger partial charge in [0.25, 0.3) is 10.0 Å². The molecule has 0 aliphatic carbocycles. The molecule has 0 aliphatic rings. The summed E-state index contributed by atoms with van der Waals surface area (Å²) in [6, 6.07) is 5.28. The summed E-state index contributed by atoms with van der Waals surface area (Å²) in [6.45, 7) is 1.67. The zero-order chi connectivity index (χ0) is 14.9. The number of nitrogens with one attached hydrogen (secondary N) is 2. The third-order valence-electron chi connectivity index (χ3n) is 2.62. The van der Waals surface area contributed by atoms with E-state index in [9.17, 15) is 8.42 Å². The van der Waals surface area contributed by atoms with Crippen LogP contribution in [0.1, 0.15) is 11.4 Å². The second-order valence-electron chi connectivity index (χ2n) is 4.03. The Morgan fingerprint density at radius 2 is 1.95 bits per heavy atom. The van der Waals surface area contributed by atoms with E-state index in [1.165, 1.54) is 0 Å². The van der Waals surface area contributed by atoms with E-state index in [4.69, 9.17) is 5.73 Å². The zero-order valence-electron chi connectivity index (χ0n) is 10.4. The molecule has 1 aromatic heterocycles. The van der Waals surface area contributed by atoms with Crippen LogP contribution in [0.3, 0.4) is 0 Å². The van der Waals surface area contributed by atoms with Gasteiger partial charge in [-0.25, -0.2) is 8.42 Å². The maximum Gasteiger partial charge on any atom is 0.265 e. The van der Waals surface area contributed by atoms with Gasteiger partial charge in [-0.3, -0.25) is 9.82 Å². The van der Waals surface area contributed by atoms with Crippen LogP contribution < -0.4 is 10.5 Å². The maximum absolute atomic E-state index is 12.5. The molecular weight excluding hydrogens is 412 g/mol. The lowest BCUT2D eigenvalue weighted by molar-refractivity contribution is 0.599. The molecule has 0 bridgehead atoms. The fourth-order valence-electron chi connectivity index (χ4n) is 1.75. The topological polar surface area (TPSA) is 101 Å². The molecule has 0 amide bonds. The minimum atomic E-state index is -3.77. The molecule has 0 unspecified atom stereocenters. The number of halogens is 2. The number of para-hydroxylation sites is 1. The van der Waals surface area contributed by atoms with Crippen LogP contribution >= 0.6 is 31.9 Å². The van der Waals surface area contributed by atoms with E-state index in [-0.39, 0.29) is 11.4 Å². The molecule has 4 N–H and O–H groups in total. The van der Waals surface area contributed by atoms with Crippen molar-refractivity contribution in [2.24, 2.45) is 5.73 Å². The summed E-state index contributed by atoms with van der Waals surface area (Å²) in [6.07, 6.45) is 0. The van der Waals surface area contributed by atoms with Gasteiger partial charge >= 0.3 is 0 Å². The summed E-state index contributed by atoms with van der Waals surface area (Å²) in [5, 5.41) is 6.53. The van der Waals surface area contributed by atoms with Crippen LogP contribution in [0.5, 0.6) is 0 Å². The van der Waals surface area contributed by atoms with Gasteiger partial charge in [0.2, 0.25) is 0 Å².